The van der Waals surface area contributed by atoms with Gasteiger partial charge in [-0.05, 0) is 6.42 Å². The number of hydrogen-bond acceptors (Lipinski definition) is 10. The third-order valence-corrected chi connectivity index (χ3v) is 2.41. The van der Waals surface area contributed by atoms with Crippen molar-refractivity contribution < 1.29 is 60.0 Å². The number of aldehydes is 1. The fourth-order valence-corrected chi connectivity index (χ4v) is 1.02. The minimum atomic E-state index is -1.79. The third kappa shape index (κ3) is 18.2. The van der Waals surface area contributed by atoms with Crippen molar-refractivity contribution >= 4 is 24.2 Å². The molecule has 0 aliphatic carbocycles. The molecule has 154 valence electrons. The first-order valence-electron chi connectivity index (χ1n) is 6.99. The highest BCUT2D eigenvalue weighted by molar-refractivity contribution is 5.74. The topological polar surface area (TPSA) is 256 Å². The molecule has 0 radical (unpaired) electrons. The molecular formula is C13H25NO12. The van der Waals surface area contributed by atoms with E-state index in [9.17, 15) is 14.4 Å². The van der Waals surface area contributed by atoms with Crippen LogP contribution in [0.4, 0.5) is 0 Å². The highest BCUT2D eigenvalue weighted by atomic mass is 16.4. The number of aliphatic carboxylic acids is 3. The first-order chi connectivity index (χ1) is 11.8. The van der Waals surface area contributed by atoms with Gasteiger partial charge in [-0.25, -0.2) is 0 Å². The summed E-state index contributed by atoms with van der Waals surface area (Å²) in [7, 11) is 0. The SMILES string of the molecule is CC(=O)O.N[C@@H](CCC(=O)O)C(=O)O.O=C[C@H](O)[C@@H](O)[C@H](O)[C@H](O)CO. The van der Waals surface area contributed by atoms with E-state index in [1.54, 1.807) is 0 Å². The number of hydrogen-bond donors (Lipinski definition) is 9. The van der Waals surface area contributed by atoms with Crippen molar-refractivity contribution in [2.24, 2.45) is 5.73 Å². The Kier molecular flexibility index (Phi) is 18.0. The van der Waals surface area contributed by atoms with Crippen molar-refractivity contribution in [3.8, 4) is 0 Å². The van der Waals surface area contributed by atoms with E-state index in [1.165, 1.54) is 0 Å². The Hall–Kier alpha value is -2.16. The van der Waals surface area contributed by atoms with Crippen LogP contribution in [0, 0.1) is 0 Å². The number of carbonyl (C=O) groups excluding carboxylic acids is 1. The van der Waals surface area contributed by atoms with Crippen molar-refractivity contribution in [1.82, 2.24) is 0 Å². The maximum Gasteiger partial charge on any atom is 0.320 e. The minimum Gasteiger partial charge on any atom is -0.481 e. The van der Waals surface area contributed by atoms with Gasteiger partial charge in [0.15, 0.2) is 6.29 Å². The van der Waals surface area contributed by atoms with Crippen LogP contribution in [0.2, 0.25) is 0 Å². The highest BCUT2D eigenvalue weighted by Crippen LogP contribution is 2.02. The van der Waals surface area contributed by atoms with E-state index < -0.39 is 55.0 Å². The van der Waals surface area contributed by atoms with E-state index >= 15 is 0 Å². The number of aliphatic hydroxyl groups is 5. The molecular weight excluding hydrogens is 362 g/mol. The molecule has 0 amide bonds. The van der Waals surface area contributed by atoms with Gasteiger partial charge in [0.25, 0.3) is 5.97 Å². The van der Waals surface area contributed by atoms with Crippen molar-refractivity contribution in [3.63, 3.8) is 0 Å². The Morgan fingerprint density at radius 2 is 1.42 bits per heavy atom. The Balaban J connectivity index is -0.000000341. The molecule has 26 heavy (non-hydrogen) atoms. The molecule has 0 aliphatic rings. The predicted octanol–water partition coefficient (Wildman–Crippen LogP) is -4.02. The van der Waals surface area contributed by atoms with Crippen LogP contribution in [-0.2, 0) is 19.2 Å². The number of rotatable bonds is 9. The zero-order chi connectivity index (χ0) is 21.4. The molecule has 0 aliphatic heterocycles. The summed E-state index contributed by atoms with van der Waals surface area (Å²) in [5.74, 6) is -3.03. The van der Waals surface area contributed by atoms with E-state index in [-0.39, 0.29) is 19.1 Å². The van der Waals surface area contributed by atoms with E-state index in [1.807, 2.05) is 0 Å². The van der Waals surface area contributed by atoms with Crippen LogP contribution in [-0.4, -0.2) is 102 Å². The van der Waals surface area contributed by atoms with Gasteiger partial charge in [-0.1, -0.05) is 0 Å². The molecule has 13 heteroatoms. The smallest absolute Gasteiger partial charge is 0.320 e. The monoisotopic (exact) mass is 387 g/mol. The lowest BCUT2D eigenvalue weighted by Gasteiger charge is -2.22. The maximum absolute atomic E-state index is 9.99. The molecule has 0 unspecified atom stereocenters. The van der Waals surface area contributed by atoms with Gasteiger partial charge in [-0.2, -0.15) is 0 Å². The molecule has 0 spiro atoms. The zero-order valence-electron chi connectivity index (χ0n) is 13.9. The summed E-state index contributed by atoms with van der Waals surface area (Å²) in [4.78, 5) is 38.8. The van der Waals surface area contributed by atoms with Crippen LogP contribution in [0.3, 0.4) is 0 Å². The number of aliphatic hydroxyl groups excluding tert-OH is 5. The normalized spacial score (nSPS) is 15.5. The molecule has 0 aromatic rings. The maximum atomic E-state index is 9.99. The van der Waals surface area contributed by atoms with Crippen molar-refractivity contribution in [1.29, 1.82) is 0 Å². The van der Waals surface area contributed by atoms with E-state index in [0.717, 1.165) is 6.92 Å². The summed E-state index contributed by atoms with van der Waals surface area (Å²) < 4.78 is 0. The van der Waals surface area contributed by atoms with Crippen LogP contribution < -0.4 is 5.73 Å². The number of carboxylic acids is 3. The summed E-state index contributed by atoms with van der Waals surface area (Å²) >= 11 is 0. The lowest BCUT2D eigenvalue weighted by molar-refractivity contribution is -0.140. The largest absolute Gasteiger partial charge is 0.481 e. The van der Waals surface area contributed by atoms with Gasteiger partial charge < -0.3 is 51.4 Å². The van der Waals surface area contributed by atoms with E-state index in [2.05, 4.69) is 0 Å². The highest BCUT2D eigenvalue weighted by Gasteiger charge is 2.29. The van der Waals surface area contributed by atoms with Gasteiger partial charge >= 0.3 is 11.9 Å². The lowest BCUT2D eigenvalue weighted by Crippen LogP contribution is -2.46. The average Bonchev–Trinajstić information content (AvgIpc) is 2.56. The third-order valence-electron chi connectivity index (χ3n) is 2.41. The zero-order valence-corrected chi connectivity index (χ0v) is 13.9. The van der Waals surface area contributed by atoms with Crippen LogP contribution in [0.1, 0.15) is 19.8 Å². The van der Waals surface area contributed by atoms with Gasteiger partial charge in [0.2, 0.25) is 0 Å². The molecule has 5 atom stereocenters. The van der Waals surface area contributed by atoms with Gasteiger partial charge in [-0.3, -0.25) is 14.4 Å². The average molecular weight is 387 g/mol. The second kappa shape index (κ2) is 16.3. The summed E-state index contributed by atoms with van der Waals surface area (Å²) in [6.45, 7) is 0.323. The van der Waals surface area contributed by atoms with Crippen LogP contribution in [0.15, 0.2) is 0 Å². The molecule has 10 N–H and O–H groups in total. The Morgan fingerprint density at radius 3 is 1.69 bits per heavy atom. The van der Waals surface area contributed by atoms with Crippen molar-refractivity contribution in [2.45, 2.75) is 50.2 Å². The standard InChI is InChI=1S/C6H12O6.C5H9NO4.C2H4O2/c7-1-3(9)5(11)6(12)4(10)2-8;6-3(5(9)10)1-2-4(7)8;1-2(3)4/h1,3-6,8-12H,2H2;3H,1-2,6H2,(H,7,8)(H,9,10);1H3,(H,3,4)/t3-,4+,5+,6+;3-;/m00./s1. The first-order valence-corrected chi connectivity index (χ1v) is 6.99. The van der Waals surface area contributed by atoms with Crippen LogP contribution in [0.5, 0.6) is 0 Å². The van der Waals surface area contributed by atoms with E-state index in [0.29, 0.717) is 0 Å². The Morgan fingerprint density at radius 1 is 1.00 bits per heavy atom. The Labute approximate surface area is 147 Å². The first kappa shape index (κ1) is 28.6. The Bertz CT molecular complexity index is 425. The number of carbonyl (C=O) groups is 4. The van der Waals surface area contributed by atoms with Gasteiger partial charge in [0, 0.05) is 13.3 Å². The number of carboxylic acid groups (broad SMARTS) is 3. The predicted molar refractivity (Wildman–Crippen MR) is 83.0 cm³/mol. The molecule has 0 aromatic carbocycles. The minimum absolute atomic E-state index is 0.0231. The lowest BCUT2D eigenvalue weighted by atomic mass is 10.0. The van der Waals surface area contributed by atoms with Crippen molar-refractivity contribution in [2.75, 3.05) is 6.61 Å². The molecule has 0 heterocycles. The molecule has 13 nitrogen and oxygen atoms in total. The fraction of sp³-hybridized carbons (Fsp3) is 0.692. The van der Waals surface area contributed by atoms with Crippen LogP contribution >= 0.6 is 0 Å². The fourth-order valence-electron chi connectivity index (χ4n) is 1.02. The van der Waals surface area contributed by atoms with Crippen molar-refractivity contribution in [3.05, 3.63) is 0 Å². The molecule has 0 aromatic heterocycles. The summed E-state index contributed by atoms with van der Waals surface area (Å²) in [6.07, 6.45) is -7.06. The molecule has 0 saturated carbocycles. The number of nitrogens with two attached hydrogens (primary N) is 1. The summed E-state index contributed by atoms with van der Waals surface area (Å²) in [5, 5.41) is 67.2. The quantitative estimate of drug-likeness (QED) is 0.171. The molecule has 0 saturated heterocycles. The molecule has 0 bridgehead atoms. The van der Waals surface area contributed by atoms with Crippen LogP contribution in [0.25, 0.3) is 0 Å². The van der Waals surface area contributed by atoms with Gasteiger partial charge in [0.1, 0.15) is 30.5 Å². The summed E-state index contributed by atoms with van der Waals surface area (Å²) in [6, 6.07) is -1.06. The second-order valence-corrected chi connectivity index (χ2v) is 4.75. The van der Waals surface area contributed by atoms with Gasteiger partial charge in [-0.15, -0.1) is 0 Å². The molecule has 0 fully saturated rings. The summed E-state index contributed by atoms with van der Waals surface area (Å²) in [5.41, 5.74) is 5.00. The molecule has 0 rings (SSSR count). The van der Waals surface area contributed by atoms with E-state index in [4.69, 9.17) is 51.4 Å². The second-order valence-electron chi connectivity index (χ2n) is 4.75. The van der Waals surface area contributed by atoms with Gasteiger partial charge in [0.05, 0.1) is 6.61 Å².